The lowest BCUT2D eigenvalue weighted by Crippen LogP contribution is -3.00. The largest absolute Gasteiger partial charge is 1.00 e. The van der Waals surface area contributed by atoms with Gasteiger partial charge >= 0.3 is 0 Å². The highest BCUT2D eigenvalue weighted by molar-refractivity contribution is 5.70. The van der Waals surface area contributed by atoms with Crippen LogP contribution in [0, 0.1) is 0 Å². The molecule has 0 aliphatic heterocycles. The summed E-state index contributed by atoms with van der Waals surface area (Å²) >= 11 is 0. The van der Waals surface area contributed by atoms with E-state index in [0.29, 0.717) is 0 Å². The summed E-state index contributed by atoms with van der Waals surface area (Å²) in [6.07, 6.45) is 9.07. The van der Waals surface area contributed by atoms with Gasteiger partial charge in [0.15, 0.2) is 18.1 Å². The molecule has 0 N–H and O–H groups in total. The van der Waals surface area contributed by atoms with E-state index in [1.54, 1.807) is 0 Å². The van der Waals surface area contributed by atoms with E-state index in [4.69, 9.17) is 0 Å². The molecular weight excluding hydrogens is 352 g/mol. The Bertz CT molecular complexity index is 894. The van der Waals surface area contributed by atoms with Crippen molar-refractivity contribution in [3.05, 3.63) is 102 Å². The summed E-state index contributed by atoms with van der Waals surface area (Å²) in [7, 11) is 4.11. The van der Waals surface area contributed by atoms with Crippen molar-refractivity contribution < 1.29 is 17.0 Å². The minimum absolute atomic E-state index is 0. The topological polar surface area (TPSA) is 7.12 Å². The summed E-state index contributed by atoms with van der Waals surface area (Å²) in [6.45, 7) is 3.87. The molecule has 0 amide bonds. The van der Waals surface area contributed by atoms with Crippen molar-refractivity contribution in [2.24, 2.45) is 0 Å². The predicted octanol–water partition coefficient (Wildman–Crippen LogP) is 1.91. The fraction of sp³-hybridized carbons (Fsp3) is 0.125. The standard InChI is InChI=1S/C24H25N2.ClH/c1-4-26-18-6-5-7-24(26)19-22-12-10-20(11-13-22)8-9-21-14-16-23(17-15-21)25(2)3;/h4-18H,1,19H2,2-3H3;1H/q+1;/p-1/b9-8+;. The van der Waals surface area contributed by atoms with Crippen molar-refractivity contribution in [1.82, 2.24) is 0 Å². The average molecular weight is 377 g/mol. The lowest BCUT2D eigenvalue weighted by atomic mass is 10.1. The molecule has 0 aliphatic rings. The van der Waals surface area contributed by atoms with Crippen molar-refractivity contribution >= 4 is 24.0 Å². The van der Waals surface area contributed by atoms with Crippen LogP contribution in [0.15, 0.2) is 79.5 Å². The summed E-state index contributed by atoms with van der Waals surface area (Å²) in [5.41, 5.74) is 6.14. The molecule has 3 heteroatoms. The summed E-state index contributed by atoms with van der Waals surface area (Å²) in [5, 5.41) is 0. The molecule has 0 fully saturated rings. The maximum atomic E-state index is 3.87. The molecule has 1 aromatic heterocycles. The highest BCUT2D eigenvalue weighted by Gasteiger charge is 2.07. The second kappa shape index (κ2) is 9.75. The maximum absolute atomic E-state index is 3.87. The number of aromatic nitrogens is 1. The first-order valence-electron chi connectivity index (χ1n) is 8.82. The van der Waals surface area contributed by atoms with Gasteiger partial charge in [-0.15, -0.1) is 0 Å². The molecule has 27 heavy (non-hydrogen) atoms. The molecule has 0 aliphatic carbocycles. The highest BCUT2D eigenvalue weighted by atomic mass is 35.5. The Kier molecular flexibility index (Phi) is 7.39. The maximum Gasteiger partial charge on any atom is 0.191 e. The average Bonchev–Trinajstić information content (AvgIpc) is 2.68. The zero-order valence-electron chi connectivity index (χ0n) is 15.8. The second-order valence-electron chi connectivity index (χ2n) is 6.52. The number of halogens is 1. The van der Waals surface area contributed by atoms with E-state index in [2.05, 4.69) is 103 Å². The third-order valence-corrected chi connectivity index (χ3v) is 4.42. The van der Waals surface area contributed by atoms with Gasteiger partial charge in [0, 0.05) is 31.9 Å². The second-order valence-corrected chi connectivity index (χ2v) is 6.52. The van der Waals surface area contributed by atoms with Gasteiger partial charge in [-0.1, -0.05) is 54.6 Å². The molecule has 1 heterocycles. The third-order valence-electron chi connectivity index (χ3n) is 4.42. The first-order chi connectivity index (χ1) is 12.7. The number of hydrogen-bond acceptors (Lipinski definition) is 1. The van der Waals surface area contributed by atoms with E-state index in [0.717, 1.165) is 6.42 Å². The summed E-state index contributed by atoms with van der Waals surface area (Å²) in [6, 6.07) is 23.5. The Morgan fingerprint density at radius 1 is 0.852 bits per heavy atom. The van der Waals surface area contributed by atoms with Crippen molar-refractivity contribution in [3.63, 3.8) is 0 Å². The van der Waals surface area contributed by atoms with E-state index in [9.17, 15) is 0 Å². The van der Waals surface area contributed by atoms with E-state index in [1.165, 1.54) is 28.1 Å². The number of benzene rings is 2. The summed E-state index contributed by atoms with van der Waals surface area (Å²) < 4.78 is 2.06. The van der Waals surface area contributed by atoms with Crippen LogP contribution in [0.4, 0.5) is 5.69 Å². The zero-order chi connectivity index (χ0) is 18.4. The zero-order valence-corrected chi connectivity index (χ0v) is 16.6. The van der Waals surface area contributed by atoms with Crippen LogP contribution in [0.25, 0.3) is 18.4 Å². The van der Waals surface area contributed by atoms with Crippen LogP contribution in [-0.2, 0) is 6.42 Å². The quantitative estimate of drug-likeness (QED) is 0.471. The predicted molar refractivity (Wildman–Crippen MR) is 112 cm³/mol. The normalized spacial score (nSPS) is 10.4. The SMILES string of the molecule is C=C[n+]1ccccc1Cc1ccc(/C=C/c2ccc(N(C)C)cc2)cc1.[Cl-]. The molecule has 0 unspecified atom stereocenters. The van der Waals surface area contributed by atoms with Gasteiger partial charge in [-0.3, -0.25) is 0 Å². The minimum atomic E-state index is 0. The number of rotatable bonds is 6. The van der Waals surface area contributed by atoms with Crippen LogP contribution in [0.5, 0.6) is 0 Å². The molecule has 0 radical (unpaired) electrons. The van der Waals surface area contributed by atoms with Gasteiger partial charge in [0.25, 0.3) is 0 Å². The molecule has 2 aromatic carbocycles. The van der Waals surface area contributed by atoms with Crippen LogP contribution in [-0.4, -0.2) is 14.1 Å². The van der Waals surface area contributed by atoms with Gasteiger partial charge in [-0.25, -0.2) is 0 Å². The number of hydrogen-bond donors (Lipinski definition) is 0. The first-order valence-corrected chi connectivity index (χ1v) is 8.82. The Balaban J connectivity index is 0.00000261. The van der Waals surface area contributed by atoms with E-state index >= 15 is 0 Å². The van der Waals surface area contributed by atoms with Crippen molar-refractivity contribution in [3.8, 4) is 0 Å². The van der Waals surface area contributed by atoms with Gasteiger partial charge in [0.1, 0.15) is 0 Å². The molecule has 0 spiro atoms. The minimum Gasteiger partial charge on any atom is -1.00 e. The number of anilines is 1. The van der Waals surface area contributed by atoms with Crippen LogP contribution >= 0.6 is 0 Å². The number of pyridine rings is 1. The molecule has 2 nitrogen and oxygen atoms in total. The smallest absolute Gasteiger partial charge is 0.191 e. The first kappa shape index (κ1) is 20.5. The molecular formula is C24H25ClN2. The van der Waals surface area contributed by atoms with Crippen LogP contribution in [0.2, 0.25) is 0 Å². The molecule has 138 valence electrons. The fourth-order valence-corrected chi connectivity index (χ4v) is 2.85. The van der Waals surface area contributed by atoms with E-state index in [1.807, 2.05) is 18.5 Å². The van der Waals surface area contributed by atoms with Gasteiger partial charge < -0.3 is 17.3 Å². The monoisotopic (exact) mass is 376 g/mol. The lowest BCUT2D eigenvalue weighted by molar-refractivity contribution is -0.576. The Hall–Kier alpha value is -2.84. The molecule has 3 aromatic rings. The molecule has 0 saturated heterocycles. The molecule has 0 atom stereocenters. The lowest BCUT2D eigenvalue weighted by Gasteiger charge is -2.11. The van der Waals surface area contributed by atoms with Gasteiger partial charge in [0.05, 0.1) is 6.42 Å². The molecule has 0 bridgehead atoms. The van der Waals surface area contributed by atoms with Crippen molar-refractivity contribution in [2.75, 3.05) is 19.0 Å². The van der Waals surface area contributed by atoms with Gasteiger partial charge in [-0.05, 0) is 35.4 Å². The van der Waals surface area contributed by atoms with E-state index in [-0.39, 0.29) is 12.4 Å². The Morgan fingerprint density at radius 2 is 1.44 bits per heavy atom. The highest BCUT2D eigenvalue weighted by Crippen LogP contribution is 2.15. The number of nitrogens with zero attached hydrogens (tertiary/aromatic N) is 2. The van der Waals surface area contributed by atoms with Crippen LogP contribution in [0.3, 0.4) is 0 Å². The molecule has 0 saturated carbocycles. The fourth-order valence-electron chi connectivity index (χ4n) is 2.85. The van der Waals surface area contributed by atoms with Gasteiger partial charge in [-0.2, -0.15) is 4.57 Å². The third kappa shape index (κ3) is 5.57. The molecule has 3 rings (SSSR count). The van der Waals surface area contributed by atoms with Crippen LogP contribution in [0.1, 0.15) is 22.4 Å². The van der Waals surface area contributed by atoms with E-state index < -0.39 is 0 Å². The Labute approximate surface area is 168 Å². The van der Waals surface area contributed by atoms with Crippen molar-refractivity contribution in [2.45, 2.75) is 6.42 Å². The summed E-state index contributed by atoms with van der Waals surface area (Å²) in [4.78, 5) is 2.11. The summed E-state index contributed by atoms with van der Waals surface area (Å²) in [5.74, 6) is 0. The van der Waals surface area contributed by atoms with Crippen LogP contribution < -0.4 is 21.9 Å². The van der Waals surface area contributed by atoms with Crippen molar-refractivity contribution in [1.29, 1.82) is 0 Å². The van der Waals surface area contributed by atoms with Gasteiger partial charge in [0.2, 0.25) is 0 Å². The Morgan fingerprint density at radius 3 is 2.00 bits per heavy atom.